The summed E-state index contributed by atoms with van der Waals surface area (Å²) >= 11 is 0. The smallest absolute Gasteiger partial charge is 0.303 e. The minimum Gasteiger partial charge on any atom is -0.455 e. The molecule has 0 N–H and O–H groups in total. The Bertz CT molecular complexity index is 824. The minimum atomic E-state index is -1.77. The lowest BCUT2D eigenvalue weighted by atomic mass is 9.48. The summed E-state index contributed by atoms with van der Waals surface area (Å²) in [6.07, 6.45) is 9.54. The Morgan fingerprint density at radius 1 is 1.09 bits per heavy atom. The number of fused-ring (bicyclic) bond motifs is 5. The summed E-state index contributed by atoms with van der Waals surface area (Å²) in [6, 6.07) is 0. The fourth-order valence-electron chi connectivity index (χ4n) is 7.39. The molecule has 3 fully saturated rings. The van der Waals surface area contributed by atoms with Crippen molar-refractivity contribution in [2.45, 2.75) is 117 Å². The standard InChI is InChI=1S/C27H44O4Si/c1-17(28)30-23-16-22-20-10-9-18-15-19(31-32(7,8)25(2,3)4)11-13-26(18,5)21(20)12-14-27(22,6)24(23)29/h9,19-23H,10-16H2,1-8H3/t19-,20+,21+,22-,23-,26+,27+/m1/s1. The molecular weight excluding hydrogens is 416 g/mol. The Kier molecular flexibility index (Phi) is 5.89. The summed E-state index contributed by atoms with van der Waals surface area (Å²) in [5.41, 5.74) is 1.50. The maximum absolute atomic E-state index is 13.2. The first kappa shape index (κ1) is 24.2. The van der Waals surface area contributed by atoms with Gasteiger partial charge in [0.25, 0.3) is 0 Å². The van der Waals surface area contributed by atoms with E-state index >= 15 is 0 Å². The van der Waals surface area contributed by atoms with Crippen molar-refractivity contribution < 1.29 is 18.8 Å². The van der Waals surface area contributed by atoms with Crippen LogP contribution in [-0.4, -0.2) is 32.3 Å². The van der Waals surface area contributed by atoms with Crippen molar-refractivity contribution in [3.8, 4) is 0 Å². The molecule has 0 radical (unpaired) electrons. The van der Waals surface area contributed by atoms with Crippen LogP contribution in [0, 0.1) is 28.6 Å². The Hall–Kier alpha value is -0.943. The van der Waals surface area contributed by atoms with E-state index in [-0.39, 0.29) is 27.6 Å². The number of esters is 1. The molecule has 0 unspecified atom stereocenters. The highest BCUT2D eigenvalue weighted by atomic mass is 28.4. The lowest BCUT2D eigenvalue weighted by molar-refractivity contribution is -0.153. The molecule has 0 spiro atoms. The van der Waals surface area contributed by atoms with Crippen LogP contribution in [0.2, 0.25) is 18.1 Å². The maximum Gasteiger partial charge on any atom is 0.303 e. The van der Waals surface area contributed by atoms with Crippen LogP contribution >= 0.6 is 0 Å². The summed E-state index contributed by atoms with van der Waals surface area (Å²) in [5, 5.41) is 0.237. The van der Waals surface area contributed by atoms with Crippen molar-refractivity contribution in [2.75, 3.05) is 0 Å². The van der Waals surface area contributed by atoms with Gasteiger partial charge in [-0.2, -0.15) is 0 Å². The maximum atomic E-state index is 13.2. The van der Waals surface area contributed by atoms with E-state index in [9.17, 15) is 9.59 Å². The van der Waals surface area contributed by atoms with Crippen molar-refractivity contribution in [1.29, 1.82) is 0 Å². The van der Waals surface area contributed by atoms with Gasteiger partial charge in [-0.3, -0.25) is 9.59 Å². The highest BCUT2D eigenvalue weighted by Crippen LogP contribution is 2.64. The molecule has 0 saturated heterocycles. The third-order valence-corrected chi connectivity index (χ3v) is 14.9. The molecule has 0 aliphatic heterocycles. The highest BCUT2D eigenvalue weighted by molar-refractivity contribution is 6.74. The van der Waals surface area contributed by atoms with E-state index in [1.54, 1.807) is 5.57 Å². The van der Waals surface area contributed by atoms with Crippen LogP contribution < -0.4 is 0 Å². The van der Waals surface area contributed by atoms with E-state index in [0.717, 1.165) is 32.1 Å². The molecule has 4 aliphatic rings. The van der Waals surface area contributed by atoms with Gasteiger partial charge in [0.1, 0.15) is 0 Å². The summed E-state index contributed by atoms with van der Waals surface area (Å²) in [6.45, 7) is 17.7. The monoisotopic (exact) mass is 460 g/mol. The van der Waals surface area contributed by atoms with Gasteiger partial charge in [-0.05, 0) is 86.2 Å². The van der Waals surface area contributed by atoms with Gasteiger partial charge < -0.3 is 9.16 Å². The third kappa shape index (κ3) is 3.75. The average molecular weight is 461 g/mol. The van der Waals surface area contributed by atoms with Crippen LogP contribution in [0.25, 0.3) is 0 Å². The van der Waals surface area contributed by atoms with E-state index in [2.05, 4.69) is 53.8 Å². The topological polar surface area (TPSA) is 52.6 Å². The highest BCUT2D eigenvalue weighted by Gasteiger charge is 2.62. The number of carbonyl (C=O) groups is 2. The number of allylic oxidation sites excluding steroid dienone is 1. The Morgan fingerprint density at radius 3 is 2.38 bits per heavy atom. The predicted octanol–water partition coefficient (Wildman–Crippen LogP) is 6.45. The van der Waals surface area contributed by atoms with Crippen LogP contribution in [0.5, 0.6) is 0 Å². The Morgan fingerprint density at radius 2 is 1.75 bits per heavy atom. The third-order valence-electron chi connectivity index (χ3n) is 10.3. The summed E-state index contributed by atoms with van der Waals surface area (Å²) in [4.78, 5) is 24.8. The van der Waals surface area contributed by atoms with Gasteiger partial charge in [0.15, 0.2) is 20.2 Å². The van der Waals surface area contributed by atoms with Gasteiger partial charge in [-0.15, -0.1) is 0 Å². The van der Waals surface area contributed by atoms with Crippen molar-refractivity contribution in [2.24, 2.45) is 28.6 Å². The van der Waals surface area contributed by atoms with E-state index in [1.807, 2.05) is 0 Å². The Labute approximate surface area is 196 Å². The normalized spacial score (nSPS) is 41.9. The number of hydrogen-bond acceptors (Lipinski definition) is 4. The molecule has 4 rings (SSSR count). The van der Waals surface area contributed by atoms with Gasteiger partial charge in [0.05, 0.1) is 0 Å². The lowest BCUT2D eigenvalue weighted by Gasteiger charge is -2.57. The molecule has 0 bridgehead atoms. The van der Waals surface area contributed by atoms with Crippen LogP contribution in [-0.2, 0) is 18.8 Å². The number of carbonyl (C=O) groups excluding carboxylic acids is 2. The molecule has 5 heteroatoms. The second kappa shape index (κ2) is 7.80. The first-order valence-electron chi connectivity index (χ1n) is 12.8. The molecule has 0 aromatic carbocycles. The van der Waals surface area contributed by atoms with E-state index in [0.29, 0.717) is 30.3 Å². The van der Waals surface area contributed by atoms with Crippen LogP contribution in [0.4, 0.5) is 0 Å². The van der Waals surface area contributed by atoms with Gasteiger partial charge >= 0.3 is 5.97 Å². The first-order chi connectivity index (χ1) is 14.7. The van der Waals surface area contributed by atoms with Gasteiger partial charge in [0.2, 0.25) is 0 Å². The fourth-order valence-corrected chi connectivity index (χ4v) is 8.78. The quantitative estimate of drug-likeness (QED) is 0.276. The number of hydrogen-bond donors (Lipinski definition) is 0. The second-order valence-corrected chi connectivity index (χ2v) is 17.9. The second-order valence-electron chi connectivity index (χ2n) is 13.2. The molecular formula is C27H44O4Si. The largest absolute Gasteiger partial charge is 0.455 e. The van der Waals surface area contributed by atoms with E-state index in [4.69, 9.17) is 9.16 Å². The lowest BCUT2D eigenvalue weighted by Crippen LogP contribution is -2.52. The minimum absolute atomic E-state index is 0.169. The van der Waals surface area contributed by atoms with Crippen molar-refractivity contribution in [3.63, 3.8) is 0 Å². The summed E-state index contributed by atoms with van der Waals surface area (Å²) in [7, 11) is -1.77. The van der Waals surface area contributed by atoms with E-state index in [1.165, 1.54) is 13.3 Å². The molecule has 3 saturated carbocycles. The summed E-state index contributed by atoms with van der Waals surface area (Å²) < 4.78 is 12.3. The number of ketones is 1. The molecule has 0 heterocycles. The van der Waals surface area contributed by atoms with Crippen LogP contribution in [0.3, 0.4) is 0 Å². The Balaban J connectivity index is 1.54. The molecule has 0 aromatic heterocycles. The zero-order valence-electron chi connectivity index (χ0n) is 21.5. The van der Waals surface area contributed by atoms with Crippen molar-refractivity contribution in [1.82, 2.24) is 0 Å². The molecule has 7 atom stereocenters. The van der Waals surface area contributed by atoms with Gasteiger partial charge in [-0.1, -0.05) is 46.3 Å². The molecule has 0 aromatic rings. The SMILES string of the molecule is CC(=O)O[C@@H]1C[C@@H]2[C@H]3CC=C4C[C@H](O[Si](C)(C)C(C)(C)C)CC[C@]4(C)[C@H]3CC[C@]2(C)C1=O. The molecule has 4 aliphatic carbocycles. The van der Waals surface area contributed by atoms with Crippen molar-refractivity contribution >= 4 is 20.1 Å². The molecule has 32 heavy (non-hydrogen) atoms. The van der Waals surface area contributed by atoms with Crippen LogP contribution in [0.1, 0.15) is 86.5 Å². The van der Waals surface area contributed by atoms with Crippen LogP contribution in [0.15, 0.2) is 11.6 Å². The molecule has 4 nitrogen and oxygen atoms in total. The molecule has 180 valence electrons. The number of Topliss-reactive ketones (excluding diaryl/α,β-unsaturated/α-hetero) is 1. The van der Waals surface area contributed by atoms with Gasteiger partial charge in [0, 0.05) is 18.4 Å². The zero-order valence-corrected chi connectivity index (χ0v) is 22.5. The van der Waals surface area contributed by atoms with Gasteiger partial charge in [-0.25, -0.2) is 0 Å². The fraction of sp³-hybridized carbons (Fsp3) is 0.852. The van der Waals surface area contributed by atoms with Crippen molar-refractivity contribution in [3.05, 3.63) is 11.6 Å². The summed E-state index contributed by atoms with van der Waals surface area (Å²) in [5.74, 6) is 1.31. The number of ether oxygens (including phenoxy) is 1. The average Bonchev–Trinajstić information content (AvgIpc) is 2.91. The number of rotatable bonds is 3. The first-order valence-corrected chi connectivity index (χ1v) is 15.7. The van der Waals surface area contributed by atoms with E-state index < -0.39 is 14.4 Å². The zero-order chi connectivity index (χ0) is 23.7. The molecule has 0 amide bonds. The predicted molar refractivity (Wildman–Crippen MR) is 130 cm³/mol.